The van der Waals surface area contributed by atoms with E-state index >= 15 is 0 Å². The Balaban J connectivity index is 2.50. The minimum atomic E-state index is -0.144. The van der Waals surface area contributed by atoms with Gasteiger partial charge in [0.1, 0.15) is 0 Å². The van der Waals surface area contributed by atoms with Gasteiger partial charge in [-0.15, -0.1) is 0 Å². The summed E-state index contributed by atoms with van der Waals surface area (Å²) >= 11 is 0. The molecule has 0 fully saturated rings. The predicted molar refractivity (Wildman–Crippen MR) is 84.4 cm³/mol. The fourth-order valence-corrected chi connectivity index (χ4v) is 1.65. The van der Waals surface area contributed by atoms with E-state index in [-0.39, 0.29) is 11.9 Å². The van der Waals surface area contributed by atoms with Crippen molar-refractivity contribution in [2.24, 2.45) is 0 Å². The largest absolute Gasteiger partial charge is 0.397 e. The Morgan fingerprint density at radius 2 is 1.90 bits per heavy atom. The van der Waals surface area contributed by atoms with Crippen LogP contribution in [0, 0.1) is 0 Å². The van der Waals surface area contributed by atoms with Crippen LogP contribution in [0.3, 0.4) is 0 Å². The van der Waals surface area contributed by atoms with Crippen molar-refractivity contribution < 1.29 is 9.59 Å². The summed E-state index contributed by atoms with van der Waals surface area (Å²) in [6.07, 6.45) is 0. The van der Waals surface area contributed by atoms with E-state index < -0.39 is 0 Å². The first-order valence-electron chi connectivity index (χ1n) is 6.82. The summed E-state index contributed by atoms with van der Waals surface area (Å²) in [5, 5.41) is 8.57. The molecule has 1 aromatic carbocycles. The normalized spacial score (nSPS) is 9.86. The number of nitrogens with one attached hydrogen (secondary N) is 3. The number of urea groups is 1. The van der Waals surface area contributed by atoms with Crippen molar-refractivity contribution in [3.8, 4) is 0 Å². The molecule has 1 aromatic rings. The van der Waals surface area contributed by atoms with Gasteiger partial charge in [-0.2, -0.15) is 0 Å². The summed E-state index contributed by atoms with van der Waals surface area (Å²) < 4.78 is 0. The standard InChI is InChI=1S/C14H23N5O2/c1-4-16-13(20)10-5-6-12(11(15)9-10)17-7-8-18-14(21)19(2)3/h5-6,9,17H,4,7-8,15H2,1-3H3,(H,16,20)(H,18,21). The third-order valence-electron chi connectivity index (χ3n) is 2.77. The molecule has 7 heteroatoms. The number of carbonyl (C=O) groups excluding carboxylic acids is 2. The Hall–Kier alpha value is -2.44. The number of hydrogen-bond acceptors (Lipinski definition) is 4. The molecule has 0 heterocycles. The maximum atomic E-state index is 11.7. The molecule has 116 valence electrons. The van der Waals surface area contributed by atoms with E-state index in [1.54, 1.807) is 32.3 Å². The highest BCUT2D eigenvalue weighted by atomic mass is 16.2. The number of anilines is 2. The van der Waals surface area contributed by atoms with Gasteiger partial charge in [0.15, 0.2) is 0 Å². The molecule has 1 rings (SSSR count). The second kappa shape index (κ2) is 7.98. The summed E-state index contributed by atoms with van der Waals surface area (Å²) in [5.41, 5.74) is 7.67. The van der Waals surface area contributed by atoms with Crippen LogP contribution < -0.4 is 21.7 Å². The van der Waals surface area contributed by atoms with Crippen molar-refractivity contribution >= 4 is 23.3 Å². The molecule has 0 aliphatic rings. The van der Waals surface area contributed by atoms with E-state index in [4.69, 9.17) is 5.73 Å². The first kappa shape index (κ1) is 16.6. The molecule has 5 N–H and O–H groups in total. The van der Waals surface area contributed by atoms with Gasteiger partial charge in [-0.05, 0) is 25.1 Å². The lowest BCUT2D eigenvalue weighted by Crippen LogP contribution is -2.37. The van der Waals surface area contributed by atoms with Gasteiger partial charge in [0.05, 0.1) is 11.4 Å². The molecule has 0 saturated heterocycles. The van der Waals surface area contributed by atoms with Crippen LogP contribution in [0.2, 0.25) is 0 Å². The highest BCUT2D eigenvalue weighted by molar-refractivity contribution is 5.96. The maximum absolute atomic E-state index is 11.7. The number of benzene rings is 1. The lowest BCUT2D eigenvalue weighted by molar-refractivity contribution is 0.0956. The van der Waals surface area contributed by atoms with E-state index in [2.05, 4.69) is 16.0 Å². The molecule has 3 amide bonds. The number of hydrogen-bond donors (Lipinski definition) is 4. The number of amides is 3. The summed E-state index contributed by atoms with van der Waals surface area (Å²) in [7, 11) is 3.36. The van der Waals surface area contributed by atoms with Gasteiger partial charge in [0.2, 0.25) is 0 Å². The van der Waals surface area contributed by atoms with E-state index in [1.807, 2.05) is 6.92 Å². The Morgan fingerprint density at radius 1 is 1.19 bits per heavy atom. The fourth-order valence-electron chi connectivity index (χ4n) is 1.65. The van der Waals surface area contributed by atoms with Crippen molar-refractivity contribution in [3.63, 3.8) is 0 Å². The van der Waals surface area contributed by atoms with Crippen molar-refractivity contribution in [1.82, 2.24) is 15.5 Å². The molecule has 0 aromatic heterocycles. The quantitative estimate of drug-likeness (QED) is 0.458. The molecule has 0 bridgehead atoms. The van der Waals surface area contributed by atoms with E-state index in [0.717, 1.165) is 5.69 Å². The molecule has 0 aliphatic carbocycles. The first-order valence-corrected chi connectivity index (χ1v) is 6.82. The highest BCUT2D eigenvalue weighted by Gasteiger charge is 2.07. The monoisotopic (exact) mass is 293 g/mol. The Bertz CT molecular complexity index is 502. The van der Waals surface area contributed by atoms with Crippen molar-refractivity contribution in [1.29, 1.82) is 0 Å². The maximum Gasteiger partial charge on any atom is 0.316 e. The van der Waals surface area contributed by atoms with Crippen LogP contribution in [-0.2, 0) is 0 Å². The Morgan fingerprint density at radius 3 is 2.48 bits per heavy atom. The Kier molecular flexibility index (Phi) is 6.32. The lowest BCUT2D eigenvalue weighted by atomic mass is 10.1. The third-order valence-corrected chi connectivity index (χ3v) is 2.77. The SMILES string of the molecule is CCNC(=O)c1ccc(NCCNC(=O)N(C)C)c(N)c1. The molecule has 0 atom stereocenters. The molecule has 0 unspecified atom stereocenters. The van der Waals surface area contributed by atoms with Gasteiger partial charge in [-0.1, -0.05) is 0 Å². The van der Waals surface area contributed by atoms with Gasteiger partial charge in [0.25, 0.3) is 5.91 Å². The second-order valence-electron chi connectivity index (χ2n) is 4.71. The molecule has 0 spiro atoms. The van der Waals surface area contributed by atoms with Crippen molar-refractivity contribution in [2.45, 2.75) is 6.92 Å². The number of rotatable bonds is 6. The van der Waals surface area contributed by atoms with Crippen LogP contribution in [0.5, 0.6) is 0 Å². The molecule has 7 nitrogen and oxygen atoms in total. The molecular formula is C14H23N5O2. The van der Waals surface area contributed by atoms with Gasteiger partial charge in [-0.25, -0.2) is 4.79 Å². The number of nitrogens with zero attached hydrogens (tertiary/aromatic N) is 1. The predicted octanol–water partition coefficient (Wildman–Crippen LogP) is 0.702. The van der Waals surface area contributed by atoms with Crippen LogP contribution in [0.4, 0.5) is 16.2 Å². The molecule has 0 radical (unpaired) electrons. The summed E-state index contributed by atoms with van der Waals surface area (Å²) in [4.78, 5) is 24.5. The molecule has 0 aliphatic heterocycles. The smallest absolute Gasteiger partial charge is 0.316 e. The van der Waals surface area contributed by atoms with Crippen molar-refractivity contribution in [3.05, 3.63) is 23.8 Å². The number of carbonyl (C=O) groups is 2. The highest BCUT2D eigenvalue weighted by Crippen LogP contribution is 2.19. The van der Waals surface area contributed by atoms with Gasteiger partial charge in [-0.3, -0.25) is 4.79 Å². The number of nitrogen functional groups attached to an aromatic ring is 1. The van der Waals surface area contributed by atoms with Crippen LogP contribution in [0.15, 0.2) is 18.2 Å². The van der Waals surface area contributed by atoms with E-state index in [1.165, 1.54) is 4.90 Å². The van der Waals surface area contributed by atoms with E-state index in [9.17, 15) is 9.59 Å². The van der Waals surface area contributed by atoms with Crippen molar-refractivity contribution in [2.75, 3.05) is 44.8 Å². The topological polar surface area (TPSA) is 99.5 Å². The van der Waals surface area contributed by atoms with E-state index in [0.29, 0.717) is 30.9 Å². The van der Waals surface area contributed by atoms with Crippen LogP contribution >= 0.6 is 0 Å². The average Bonchev–Trinajstić information content (AvgIpc) is 2.44. The van der Waals surface area contributed by atoms with Gasteiger partial charge >= 0.3 is 6.03 Å². The average molecular weight is 293 g/mol. The first-order chi connectivity index (χ1) is 9.95. The number of nitrogens with two attached hydrogens (primary N) is 1. The Labute approximate surface area is 124 Å². The second-order valence-corrected chi connectivity index (χ2v) is 4.71. The molecular weight excluding hydrogens is 270 g/mol. The third kappa shape index (κ3) is 5.21. The molecule has 21 heavy (non-hydrogen) atoms. The van der Waals surface area contributed by atoms with Crippen LogP contribution in [0.1, 0.15) is 17.3 Å². The van der Waals surface area contributed by atoms with Gasteiger partial charge in [0, 0.05) is 39.3 Å². The minimum Gasteiger partial charge on any atom is -0.397 e. The lowest BCUT2D eigenvalue weighted by Gasteiger charge is -2.14. The fraction of sp³-hybridized carbons (Fsp3) is 0.429. The van der Waals surface area contributed by atoms with Crippen LogP contribution in [0.25, 0.3) is 0 Å². The zero-order valence-electron chi connectivity index (χ0n) is 12.7. The zero-order valence-corrected chi connectivity index (χ0v) is 12.7. The molecule has 0 saturated carbocycles. The minimum absolute atomic E-state index is 0.142. The van der Waals surface area contributed by atoms with Gasteiger partial charge < -0.3 is 26.6 Å². The van der Waals surface area contributed by atoms with Crippen LogP contribution in [-0.4, -0.2) is 50.6 Å². The summed E-state index contributed by atoms with van der Waals surface area (Å²) in [5.74, 6) is -0.144. The summed E-state index contributed by atoms with van der Waals surface area (Å²) in [6, 6.07) is 4.96. The summed E-state index contributed by atoms with van der Waals surface area (Å²) in [6.45, 7) is 3.46. The zero-order chi connectivity index (χ0) is 15.8.